The minimum Gasteiger partial charge on any atom is -0.480 e. The molecule has 0 aliphatic rings. The average Bonchev–Trinajstić information content (AvgIpc) is 2.84. The Morgan fingerprint density at radius 2 is 2.05 bits per heavy atom. The lowest BCUT2D eigenvalue weighted by molar-refractivity contribution is -0.138. The van der Waals surface area contributed by atoms with Crippen LogP contribution in [0.25, 0.3) is 0 Å². The largest absolute Gasteiger partial charge is 0.480 e. The first-order valence-corrected chi connectivity index (χ1v) is 7.53. The number of nitrogens with one attached hydrogen (secondary N) is 2. The molecule has 0 aromatic carbocycles. The summed E-state index contributed by atoms with van der Waals surface area (Å²) in [6.07, 6.45) is 2.17. The summed E-state index contributed by atoms with van der Waals surface area (Å²) in [5.74, 6) is -1.43. The number of amides is 1. The van der Waals surface area contributed by atoms with Gasteiger partial charge in [0, 0.05) is 19.8 Å². The topological polar surface area (TPSA) is 130 Å². The standard InChI is InChI=1S/C11H18N4O5S/c1-11(2,10(18)12-3)7-14-21(19,20)8-4-13-15(5-8)6-9(16)17/h4-5,14H,6-7H2,1-3H3,(H,12,18)(H,16,17). The second-order valence-corrected chi connectivity index (χ2v) is 6.82. The van der Waals surface area contributed by atoms with Crippen LogP contribution in [-0.2, 0) is 26.2 Å². The monoisotopic (exact) mass is 318 g/mol. The zero-order valence-electron chi connectivity index (χ0n) is 12.0. The molecule has 1 aromatic heterocycles. The maximum Gasteiger partial charge on any atom is 0.325 e. The zero-order chi connectivity index (χ0) is 16.3. The number of aromatic nitrogens is 2. The van der Waals surface area contributed by atoms with Crippen molar-refractivity contribution in [2.75, 3.05) is 13.6 Å². The molecule has 0 saturated carbocycles. The number of hydrogen-bond donors (Lipinski definition) is 3. The summed E-state index contributed by atoms with van der Waals surface area (Å²) in [4.78, 5) is 22.0. The quantitative estimate of drug-likeness (QED) is 0.592. The van der Waals surface area contributed by atoms with Gasteiger partial charge >= 0.3 is 5.97 Å². The van der Waals surface area contributed by atoms with E-state index in [-0.39, 0.29) is 17.3 Å². The Morgan fingerprint density at radius 1 is 1.43 bits per heavy atom. The summed E-state index contributed by atoms with van der Waals surface area (Å²) >= 11 is 0. The fraction of sp³-hybridized carbons (Fsp3) is 0.545. The molecule has 0 spiro atoms. The molecule has 9 nitrogen and oxygen atoms in total. The van der Waals surface area contributed by atoms with Crippen LogP contribution in [-0.4, -0.2) is 48.8 Å². The first-order valence-electron chi connectivity index (χ1n) is 6.04. The average molecular weight is 318 g/mol. The summed E-state index contributed by atoms with van der Waals surface area (Å²) in [6, 6.07) is 0. The summed E-state index contributed by atoms with van der Waals surface area (Å²) < 4.78 is 27.4. The normalized spacial score (nSPS) is 12.1. The number of hydrogen-bond acceptors (Lipinski definition) is 5. The van der Waals surface area contributed by atoms with Crippen molar-refractivity contribution in [1.29, 1.82) is 0 Å². The Labute approximate surface area is 122 Å². The highest BCUT2D eigenvalue weighted by Crippen LogP contribution is 2.15. The van der Waals surface area contributed by atoms with Crippen LogP contribution in [0, 0.1) is 5.41 Å². The van der Waals surface area contributed by atoms with Gasteiger partial charge in [-0.15, -0.1) is 0 Å². The van der Waals surface area contributed by atoms with Crippen molar-refractivity contribution in [3.05, 3.63) is 12.4 Å². The van der Waals surface area contributed by atoms with Crippen LogP contribution < -0.4 is 10.0 Å². The molecule has 1 heterocycles. The van der Waals surface area contributed by atoms with E-state index in [0.29, 0.717) is 0 Å². The van der Waals surface area contributed by atoms with Gasteiger partial charge in [-0.1, -0.05) is 0 Å². The summed E-state index contributed by atoms with van der Waals surface area (Å²) in [5, 5.41) is 14.7. The van der Waals surface area contributed by atoms with Crippen LogP contribution in [0.3, 0.4) is 0 Å². The van der Waals surface area contributed by atoms with Gasteiger partial charge in [0.25, 0.3) is 0 Å². The molecular weight excluding hydrogens is 300 g/mol. The maximum atomic E-state index is 12.0. The van der Waals surface area contributed by atoms with Crippen molar-refractivity contribution in [2.45, 2.75) is 25.3 Å². The smallest absolute Gasteiger partial charge is 0.325 e. The third-order valence-electron chi connectivity index (χ3n) is 2.76. The van der Waals surface area contributed by atoms with Gasteiger partial charge in [0.15, 0.2) is 0 Å². The molecule has 1 rings (SSSR count). The second kappa shape index (κ2) is 6.22. The van der Waals surface area contributed by atoms with E-state index in [0.717, 1.165) is 17.1 Å². The van der Waals surface area contributed by atoms with Gasteiger partial charge in [-0.05, 0) is 13.8 Å². The molecule has 10 heteroatoms. The Bertz CT molecular complexity index is 635. The summed E-state index contributed by atoms with van der Waals surface area (Å²) in [6.45, 7) is 2.67. The minimum absolute atomic E-state index is 0.0981. The van der Waals surface area contributed by atoms with Gasteiger partial charge in [0.05, 0.1) is 11.6 Å². The number of carbonyl (C=O) groups excluding carboxylic acids is 1. The molecule has 0 radical (unpaired) electrons. The molecule has 0 aliphatic carbocycles. The molecule has 21 heavy (non-hydrogen) atoms. The number of carboxylic acid groups (broad SMARTS) is 1. The van der Waals surface area contributed by atoms with Crippen molar-refractivity contribution >= 4 is 21.9 Å². The summed E-state index contributed by atoms with van der Waals surface area (Å²) in [7, 11) is -2.39. The van der Waals surface area contributed by atoms with E-state index in [2.05, 4.69) is 15.1 Å². The highest BCUT2D eigenvalue weighted by atomic mass is 32.2. The minimum atomic E-state index is -3.86. The third-order valence-corrected chi connectivity index (χ3v) is 4.12. The molecule has 0 unspecified atom stereocenters. The number of sulfonamides is 1. The predicted octanol–water partition coefficient (Wildman–Crippen LogP) is -0.982. The molecule has 1 aromatic rings. The summed E-state index contributed by atoms with van der Waals surface area (Å²) in [5.41, 5.74) is -0.918. The fourth-order valence-corrected chi connectivity index (χ4v) is 2.65. The second-order valence-electron chi connectivity index (χ2n) is 5.05. The Kier molecular flexibility index (Phi) is 5.07. The van der Waals surface area contributed by atoms with E-state index in [4.69, 9.17) is 5.11 Å². The Hall–Kier alpha value is -1.94. The van der Waals surface area contributed by atoms with Crippen molar-refractivity contribution in [3.8, 4) is 0 Å². The van der Waals surface area contributed by atoms with Crippen LogP contribution in [0.4, 0.5) is 0 Å². The van der Waals surface area contributed by atoms with E-state index in [9.17, 15) is 18.0 Å². The molecule has 1 amide bonds. The van der Waals surface area contributed by atoms with E-state index in [1.807, 2.05) is 0 Å². The van der Waals surface area contributed by atoms with Gasteiger partial charge in [0.1, 0.15) is 11.4 Å². The lowest BCUT2D eigenvalue weighted by Gasteiger charge is -2.22. The molecule has 118 valence electrons. The van der Waals surface area contributed by atoms with Gasteiger partial charge in [0.2, 0.25) is 15.9 Å². The zero-order valence-corrected chi connectivity index (χ0v) is 12.8. The van der Waals surface area contributed by atoms with Crippen LogP contribution >= 0.6 is 0 Å². The molecule has 0 saturated heterocycles. The Balaban J connectivity index is 2.80. The van der Waals surface area contributed by atoms with Crippen LogP contribution in [0.2, 0.25) is 0 Å². The first kappa shape index (κ1) is 17.1. The molecule has 3 N–H and O–H groups in total. The number of aliphatic carboxylic acids is 1. The highest BCUT2D eigenvalue weighted by molar-refractivity contribution is 7.89. The predicted molar refractivity (Wildman–Crippen MR) is 72.9 cm³/mol. The van der Waals surface area contributed by atoms with E-state index >= 15 is 0 Å². The van der Waals surface area contributed by atoms with Gasteiger partial charge in [-0.3, -0.25) is 14.3 Å². The van der Waals surface area contributed by atoms with Gasteiger partial charge in [-0.25, -0.2) is 13.1 Å². The number of carbonyl (C=O) groups is 2. The molecule has 0 fully saturated rings. The first-order chi connectivity index (χ1) is 9.58. The fourth-order valence-electron chi connectivity index (χ4n) is 1.49. The van der Waals surface area contributed by atoms with Crippen LogP contribution in [0.1, 0.15) is 13.8 Å². The van der Waals surface area contributed by atoms with Gasteiger partial charge < -0.3 is 10.4 Å². The number of carboxylic acids is 1. The number of nitrogens with zero attached hydrogens (tertiary/aromatic N) is 2. The van der Waals surface area contributed by atoms with Gasteiger partial charge in [-0.2, -0.15) is 5.10 Å². The molecule has 0 aliphatic heterocycles. The third kappa shape index (κ3) is 4.53. The van der Waals surface area contributed by atoms with Crippen LogP contribution in [0.5, 0.6) is 0 Å². The van der Waals surface area contributed by atoms with E-state index in [1.165, 1.54) is 7.05 Å². The molecule has 0 bridgehead atoms. The molecular formula is C11H18N4O5S. The lowest BCUT2D eigenvalue weighted by Crippen LogP contribution is -2.43. The highest BCUT2D eigenvalue weighted by Gasteiger charge is 2.29. The Morgan fingerprint density at radius 3 is 2.57 bits per heavy atom. The van der Waals surface area contributed by atoms with Crippen molar-refractivity contribution in [3.63, 3.8) is 0 Å². The number of rotatable bonds is 7. The lowest BCUT2D eigenvalue weighted by atomic mass is 9.93. The maximum absolute atomic E-state index is 12.0. The van der Waals surface area contributed by atoms with Crippen molar-refractivity contribution in [2.24, 2.45) is 5.41 Å². The van der Waals surface area contributed by atoms with E-state index in [1.54, 1.807) is 13.8 Å². The SMILES string of the molecule is CNC(=O)C(C)(C)CNS(=O)(=O)c1cnn(CC(=O)O)c1. The van der Waals surface area contributed by atoms with Crippen LogP contribution in [0.15, 0.2) is 17.3 Å². The van der Waals surface area contributed by atoms with Crippen molar-refractivity contribution < 1.29 is 23.1 Å². The van der Waals surface area contributed by atoms with E-state index < -0.39 is 28.0 Å². The van der Waals surface area contributed by atoms with Crippen molar-refractivity contribution in [1.82, 2.24) is 19.8 Å². The molecule has 0 atom stereocenters.